The predicted octanol–water partition coefficient (Wildman–Crippen LogP) is 1.40. The van der Waals surface area contributed by atoms with E-state index in [1.54, 1.807) is 7.05 Å². The summed E-state index contributed by atoms with van der Waals surface area (Å²) in [7, 11) is -1.56. The number of sulfonamides is 1. The van der Waals surface area contributed by atoms with Crippen LogP contribution in [0.4, 0.5) is 0 Å². The van der Waals surface area contributed by atoms with Crippen LogP contribution < -0.4 is 10.0 Å². The zero-order valence-electron chi connectivity index (χ0n) is 15.6. The summed E-state index contributed by atoms with van der Waals surface area (Å²) in [5.74, 6) is 0.821. The van der Waals surface area contributed by atoms with Crippen LogP contribution in [0.5, 0.6) is 0 Å². The first-order valence-corrected chi connectivity index (χ1v) is 10.5. The predicted molar refractivity (Wildman–Crippen MR) is 112 cm³/mol. The van der Waals surface area contributed by atoms with Crippen LogP contribution in [0.3, 0.4) is 0 Å². The van der Waals surface area contributed by atoms with Crippen molar-refractivity contribution in [3.8, 4) is 0 Å². The van der Waals surface area contributed by atoms with Gasteiger partial charge in [0.05, 0.1) is 11.9 Å². The van der Waals surface area contributed by atoms with Crippen molar-refractivity contribution in [1.29, 1.82) is 0 Å². The Morgan fingerprint density at radius 1 is 1.36 bits per heavy atom. The molecular weight excluding hydrogens is 455 g/mol. The van der Waals surface area contributed by atoms with E-state index in [0.717, 1.165) is 51.3 Å². The highest BCUT2D eigenvalue weighted by Crippen LogP contribution is 2.28. The van der Waals surface area contributed by atoms with Crippen LogP contribution in [0, 0.1) is 5.41 Å². The molecule has 0 aliphatic carbocycles. The fourth-order valence-electron chi connectivity index (χ4n) is 3.18. The number of nitrogens with zero attached hydrogens (tertiary/aromatic N) is 2. The highest BCUT2D eigenvalue weighted by molar-refractivity contribution is 14.0. The van der Waals surface area contributed by atoms with E-state index >= 15 is 0 Å². The van der Waals surface area contributed by atoms with Gasteiger partial charge in [0.25, 0.3) is 0 Å². The molecule has 0 saturated carbocycles. The fourth-order valence-corrected chi connectivity index (χ4v) is 4.14. The van der Waals surface area contributed by atoms with Gasteiger partial charge in [-0.2, -0.15) is 0 Å². The summed E-state index contributed by atoms with van der Waals surface area (Å²) in [6, 6.07) is 0. The first-order valence-electron chi connectivity index (χ1n) is 8.86. The Morgan fingerprint density at radius 3 is 2.68 bits per heavy atom. The number of nitrogens with one attached hydrogen (secondary N) is 2. The number of ether oxygens (including phenoxy) is 1. The van der Waals surface area contributed by atoms with Gasteiger partial charge in [0.2, 0.25) is 10.0 Å². The van der Waals surface area contributed by atoms with Gasteiger partial charge in [0, 0.05) is 39.8 Å². The Balaban J connectivity index is 0.00000312. The number of likely N-dealkylation sites (tertiary alicyclic amines) is 1. The molecular formula is C16H33IN4O3S. The Kier molecular flexibility index (Phi) is 9.41. The number of aliphatic imine (C=N–C) groups is 1. The van der Waals surface area contributed by atoms with Crippen molar-refractivity contribution < 1.29 is 13.2 Å². The fraction of sp³-hybridized carbons (Fsp3) is 0.938. The first-order chi connectivity index (χ1) is 11.3. The molecule has 0 radical (unpaired) electrons. The number of hydrogen-bond acceptors (Lipinski definition) is 4. The summed E-state index contributed by atoms with van der Waals surface area (Å²) in [5, 5.41) is 3.17. The third kappa shape index (κ3) is 7.96. The molecule has 0 bridgehead atoms. The lowest BCUT2D eigenvalue weighted by Gasteiger charge is -2.24. The molecule has 2 N–H and O–H groups in total. The van der Waals surface area contributed by atoms with Gasteiger partial charge in [-0.1, -0.05) is 13.8 Å². The molecule has 0 aromatic carbocycles. The Labute approximate surface area is 169 Å². The molecule has 2 fully saturated rings. The lowest BCUT2D eigenvalue weighted by molar-refractivity contribution is 0.0200. The second kappa shape index (κ2) is 10.3. The van der Waals surface area contributed by atoms with Crippen molar-refractivity contribution in [2.24, 2.45) is 10.4 Å². The monoisotopic (exact) mass is 488 g/mol. The molecule has 1 unspecified atom stereocenters. The highest BCUT2D eigenvalue weighted by Gasteiger charge is 2.30. The van der Waals surface area contributed by atoms with Crippen LogP contribution in [0.25, 0.3) is 0 Å². The van der Waals surface area contributed by atoms with E-state index in [1.807, 2.05) is 0 Å². The second-order valence-corrected chi connectivity index (χ2v) is 9.39. The molecule has 2 aliphatic heterocycles. The first kappa shape index (κ1) is 22.9. The lowest BCUT2D eigenvalue weighted by atomic mass is 9.93. The van der Waals surface area contributed by atoms with Crippen LogP contribution in [0.1, 0.15) is 39.5 Å². The SMILES string of the molecule is CN=C(NCCS(=O)(=O)NCC1CCCCO1)N1CCC(C)(C)C1.I. The van der Waals surface area contributed by atoms with Gasteiger partial charge in [-0.05, 0) is 31.1 Å². The standard InChI is InChI=1S/C16H32N4O3S.HI/c1-16(2)7-9-20(13-16)15(17-3)18-8-11-24(21,22)19-12-14-6-4-5-10-23-14;/h14,19H,4-13H2,1-3H3,(H,17,18);1H. The maximum atomic E-state index is 12.1. The van der Waals surface area contributed by atoms with Crippen molar-refractivity contribution in [3.63, 3.8) is 0 Å². The van der Waals surface area contributed by atoms with Crippen molar-refractivity contribution in [2.75, 3.05) is 45.6 Å². The summed E-state index contributed by atoms with van der Waals surface area (Å²) in [4.78, 5) is 6.46. The number of hydrogen-bond donors (Lipinski definition) is 2. The molecule has 0 spiro atoms. The van der Waals surface area contributed by atoms with Crippen LogP contribution >= 0.6 is 24.0 Å². The van der Waals surface area contributed by atoms with E-state index in [-0.39, 0.29) is 41.2 Å². The van der Waals surface area contributed by atoms with Crippen molar-refractivity contribution in [2.45, 2.75) is 45.6 Å². The Hall–Kier alpha value is -0.130. The summed E-state index contributed by atoms with van der Waals surface area (Å²) in [5.41, 5.74) is 0.283. The van der Waals surface area contributed by atoms with E-state index in [9.17, 15) is 8.42 Å². The average Bonchev–Trinajstić information content (AvgIpc) is 2.90. The Morgan fingerprint density at radius 2 is 2.12 bits per heavy atom. The van der Waals surface area contributed by atoms with Crippen molar-refractivity contribution in [3.05, 3.63) is 0 Å². The number of rotatable bonds is 6. The molecule has 0 aromatic rings. The van der Waals surface area contributed by atoms with Crippen molar-refractivity contribution >= 4 is 40.0 Å². The molecule has 2 heterocycles. The maximum Gasteiger partial charge on any atom is 0.213 e. The van der Waals surface area contributed by atoms with Gasteiger partial charge in [-0.15, -0.1) is 24.0 Å². The van der Waals surface area contributed by atoms with E-state index in [0.29, 0.717) is 13.1 Å². The van der Waals surface area contributed by atoms with Crippen LogP contribution in [-0.2, 0) is 14.8 Å². The van der Waals surface area contributed by atoms with Gasteiger partial charge in [0.1, 0.15) is 0 Å². The minimum Gasteiger partial charge on any atom is -0.377 e. The zero-order chi connectivity index (χ0) is 17.6. The van der Waals surface area contributed by atoms with E-state index < -0.39 is 10.0 Å². The third-order valence-corrected chi connectivity index (χ3v) is 6.00. The molecule has 2 rings (SSSR count). The molecule has 1 atom stereocenters. The Bertz CT molecular complexity index is 533. The van der Waals surface area contributed by atoms with Gasteiger partial charge < -0.3 is 15.0 Å². The normalized spacial score (nSPS) is 24.0. The smallest absolute Gasteiger partial charge is 0.213 e. The summed E-state index contributed by atoms with van der Waals surface area (Å²) in [6.45, 7) is 7.83. The quantitative estimate of drug-likeness (QED) is 0.336. The molecule has 2 saturated heterocycles. The summed E-state index contributed by atoms with van der Waals surface area (Å²) < 4.78 is 32.4. The number of halogens is 1. The van der Waals surface area contributed by atoms with Crippen molar-refractivity contribution in [1.82, 2.24) is 14.9 Å². The van der Waals surface area contributed by atoms with Gasteiger partial charge in [-0.25, -0.2) is 13.1 Å². The van der Waals surface area contributed by atoms with E-state index in [2.05, 4.69) is 33.8 Å². The van der Waals surface area contributed by atoms with Crippen LogP contribution in [-0.4, -0.2) is 71.0 Å². The van der Waals surface area contributed by atoms with Crippen LogP contribution in [0.15, 0.2) is 4.99 Å². The number of guanidine groups is 1. The topological polar surface area (TPSA) is 83.0 Å². The minimum absolute atomic E-state index is 0. The maximum absolute atomic E-state index is 12.1. The largest absolute Gasteiger partial charge is 0.377 e. The molecule has 25 heavy (non-hydrogen) atoms. The van der Waals surface area contributed by atoms with E-state index in [4.69, 9.17) is 4.74 Å². The minimum atomic E-state index is -3.30. The zero-order valence-corrected chi connectivity index (χ0v) is 18.7. The molecule has 7 nitrogen and oxygen atoms in total. The second-order valence-electron chi connectivity index (χ2n) is 7.47. The van der Waals surface area contributed by atoms with Gasteiger partial charge >= 0.3 is 0 Å². The van der Waals surface area contributed by atoms with Gasteiger partial charge in [-0.3, -0.25) is 4.99 Å². The molecule has 0 amide bonds. The molecule has 2 aliphatic rings. The lowest BCUT2D eigenvalue weighted by Crippen LogP contribution is -2.44. The molecule has 148 valence electrons. The third-order valence-electron chi connectivity index (χ3n) is 4.65. The van der Waals surface area contributed by atoms with E-state index in [1.165, 1.54) is 0 Å². The molecule has 9 heteroatoms. The van der Waals surface area contributed by atoms with Gasteiger partial charge in [0.15, 0.2) is 5.96 Å². The van der Waals surface area contributed by atoms with Crippen LogP contribution in [0.2, 0.25) is 0 Å². The summed E-state index contributed by atoms with van der Waals surface area (Å²) >= 11 is 0. The average molecular weight is 488 g/mol. The summed E-state index contributed by atoms with van der Waals surface area (Å²) in [6.07, 6.45) is 4.24. The molecule has 0 aromatic heterocycles. The highest BCUT2D eigenvalue weighted by atomic mass is 127.